The molecular weight excluding hydrogens is 330 g/mol. The van der Waals surface area contributed by atoms with Gasteiger partial charge in [-0.15, -0.1) is 0 Å². The average Bonchev–Trinajstić information content (AvgIpc) is 3.13. The van der Waals surface area contributed by atoms with Crippen LogP contribution in [0.15, 0.2) is 54.6 Å². The largest absolute Gasteiger partial charge is 0.375 e. The highest BCUT2D eigenvalue weighted by Crippen LogP contribution is 2.49. The van der Waals surface area contributed by atoms with E-state index in [-0.39, 0.29) is 11.0 Å². The molecule has 0 aromatic heterocycles. The molecule has 2 heteroatoms. The lowest BCUT2D eigenvalue weighted by atomic mass is 9.66. The Morgan fingerprint density at radius 2 is 1.78 bits per heavy atom. The van der Waals surface area contributed by atoms with Gasteiger partial charge in [0, 0.05) is 18.6 Å². The van der Waals surface area contributed by atoms with Crippen LogP contribution in [-0.2, 0) is 16.7 Å². The molecule has 144 valence electrons. The summed E-state index contributed by atoms with van der Waals surface area (Å²) in [5.41, 5.74) is 4.62. The fourth-order valence-corrected chi connectivity index (χ4v) is 5.34. The van der Waals surface area contributed by atoms with Gasteiger partial charge in [-0.1, -0.05) is 73.0 Å². The SMILES string of the molecule is Cc1cccc(CNCC[C@]2(c3ccccc3)CCOC3(CCCC3)C2)c1. The van der Waals surface area contributed by atoms with Gasteiger partial charge in [0.25, 0.3) is 0 Å². The third kappa shape index (κ3) is 4.28. The molecule has 1 aliphatic carbocycles. The van der Waals surface area contributed by atoms with Gasteiger partial charge < -0.3 is 10.1 Å². The van der Waals surface area contributed by atoms with E-state index in [9.17, 15) is 0 Å². The minimum absolute atomic E-state index is 0.143. The van der Waals surface area contributed by atoms with E-state index >= 15 is 0 Å². The molecule has 0 amide bonds. The van der Waals surface area contributed by atoms with Crippen LogP contribution < -0.4 is 5.32 Å². The topological polar surface area (TPSA) is 21.3 Å². The number of hydrogen-bond donors (Lipinski definition) is 1. The minimum Gasteiger partial charge on any atom is -0.375 e. The normalized spacial score (nSPS) is 24.3. The molecule has 1 saturated carbocycles. The molecule has 0 radical (unpaired) electrons. The first kappa shape index (κ1) is 18.7. The van der Waals surface area contributed by atoms with Gasteiger partial charge in [0.15, 0.2) is 0 Å². The Kier molecular flexibility index (Phi) is 5.66. The predicted octanol–water partition coefficient (Wildman–Crippen LogP) is 5.54. The molecule has 1 N–H and O–H groups in total. The maximum atomic E-state index is 6.37. The molecule has 2 nitrogen and oxygen atoms in total. The van der Waals surface area contributed by atoms with Crippen LogP contribution in [0, 0.1) is 6.92 Å². The molecule has 2 aromatic carbocycles. The third-order valence-corrected chi connectivity index (χ3v) is 6.74. The lowest BCUT2D eigenvalue weighted by Gasteiger charge is -2.47. The van der Waals surface area contributed by atoms with Crippen LogP contribution in [0.3, 0.4) is 0 Å². The van der Waals surface area contributed by atoms with Crippen molar-refractivity contribution in [1.82, 2.24) is 5.32 Å². The number of ether oxygens (including phenoxy) is 1. The maximum absolute atomic E-state index is 6.37. The monoisotopic (exact) mass is 363 g/mol. The fraction of sp³-hybridized carbons (Fsp3) is 0.520. The Bertz CT molecular complexity index is 735. The van der Waals surface area contributed by atoms with Crippen LogP contribution in [0.5, 0.6) is 0 Å². The van der Waals surface area contributed by atoms with Crippen molar-refractivity contribution >= 4 is 0 Å². The van der Waals surface area contributed by atoms with Gasteiger partial charge in [0.1, 0.15) is 0 Å². The predicted molar refractivity (Wildman–Crippen MR) is 112 cm³/mol. The molecule has 27 heavy (non-hydrogen) atoms. The molecule has 0 bridgehead atoms. The Balaban J connectivity index is 1.45. The van der Waals surface area contributed by atoms with E-state index in [4.69, 9.17) is 4.74 Å². The summed E-state index contributed by atoms with van der Waals surface area (Å²) in [4.78, 5) is 0. The number of rotatable bonds is 6. The van der Waals surface area contributed by atoms with Crippen LogP contribution in [0.2, 0.25) is 0 Å². The summed E-state index contributed by atoms with van der Waals surface area (Å²) in [6.07, 6.45) is 8.68. The second kappa shape index (κ2) is 8.16. The van der Waals surface area contributed by atoms with E-state index in [1.165, 1.54) is 55.2 Å². The van der Waals surface area contributed by atoms with Crippen LogP contribution in [0.4, 0.5) is 0 Å². The zero-order valence-corrected chi connectivity index (χ0v) is 16.7. The van der Waals surface area contributed by atoms with Gasteiger partial charge in [-0.05, 0) is 56.7 Å². The molecule has 1 heterocycles. The quantitative estimate of drug-likeness (QED) is 0.681. The summed E-state index contributed by atoms with van der Waals surface area (Å²) < 4.78 is 6.37. The van der Waals surface area contributed by atoms with E-state index in [0.29, 0.717) is 0 Å². The molecule has 2 aliphatic rings. The Hall–Kier alpha value is -1.64. The van der Waals surface area contributed by atoms with Crippen molar-refractivity contribution in [3.8, 4) is 0 Å². The second-order valence-electron chi connectivity index (χ2n) is 8.73. The van der Waals surface area contributed by atoms with Gasteiger partial charge in [-0.2, -0.15) is 0 Å². The van der Waals surface area contributed by atoms with Crippen molar-refractivity contribution in [2.75, 3.05) is 13.2 Å². The Morgan fingerprint density at radius 1 is 0.963 bits per heavy atom. The lowest BCUT2D eigenvalue weighted by molar-refractivity contribution is -0.103. The molecule has 1 atom stereocenters. The number of nitrogens with one attached hydrogen (secondary N) is 1. The van der Waals surface area contributed by atoms with Gasteiger partial charge in [0.05, 0.1) is 5.60 Å². The molecular formula is C25H33NO. The van der Waals surface area contributed by atoms with E-state index < -0.39 is 0 Å². The van der Waals surface area contributed by atoms with Crippen molar-refractivity contribution in [3.63, 3.8) is 0 Å². The molecule has 1 saturated heterocycles. The van der Waals surface area contributed by atoms with E-state index in [1.807, 2.05) is 0 Å². The smallest absolute Gasteiger partial charge is 0.0691 e. The summed E-state index contributed by atoms with van der Waals surface area (Å²) in [5, 5.41) is 3.71. The summed E-state index contributed by atoms with van der Waals surface area (Å²) in [6, 6.07) is 20.0. The molecule has 1 spiro atoms. The zero-order chi connectivity index (χ0) is 18.6. The number of hydrogen-bond acceptors (Lipinski definition) is 2. The van der Waals surface area contributed by atoms with Crippen LogP contribution >= 0.6 is 0 Å². The molecule has 2 aromatic rings. The Labute approximate surface area is 164 Å². The van der Waals surface area contributed by atoms with Gasteiger partial charge in [-0.3, -0.25) is 0 Å². The van der Waals surface area contributed by atoms with Gasteiger partial charge >= 0.3 is 0 Å². The first-order valence-electron chi connectivity index (χ1n) is 10.7. The standard InChI is InChI=1S/C25H33NO/c1-21-8-7-9-22(18-21)19-26-16-14-24(23-10-3-2-4-11-23)15-17-27-25(20-24)12-5-6-13-25/h2-4,7-11,18,26H,5-6,12-17,19-20H2,1H3/t24-/m0/s1. The molecule has 1 aliphatic heterocycles. The molecule has 0 unspecified atom stereocenters. The van der Waals surface area contributed by atoms with Crippen molar-refractivity contribution in [2.45, 2.75) is 69.4 Å². The van der Waals surface area contributed by atoms with E-state index in [0.717, 1.165) is 26.1 Å². The zero-order valence-electron chi connectivity index (χ0n) is 16.7. The highest BCUT2D eigenvalue weighted by molar-refractivity contribution is 5.28. The Morgan fingerprint density at radius 3 is 2.56 bits per heavy atom. The van der Waals surface area contributed by atoms with Crippen molar-refractivity contribution in [3.05, 3.63) is 71.3 Å². The lowest BCUT2D eigenvalue weighted by Crippen LogP contribution is -2.47. The van der Waals surface area contributed by atoms with Gasteiger partial charge in [0.2, 0.25) is 0 Å². The van der Waals surface area contributed by atoms with Crippen LogP contribution in [0.25, 0.3) is 0 Å². The fourth-order valence-electron chi connectivity index (χ4n) is 5.34. The van der Waals surface area contributed by atoms with Crippen molar-refractivity contribution in [2.24, 2.45) is 0 Å². The van der Waals surface area contributed by atoms with E-state index in [1.54, 1.807) is 0 Å². The van der Waals surface area contributed by atoms with Crippen molar-refractivity contribution < 1.29 is 4.74 Å². The van der Waals surface area contributed by atoms with Crippen LogP contribution in [0.1, 0.15) is 61.6 Å². The molecule has 4 rings (SSSR count). The van der Waals surface area contributed by atoms with Crippen LogP contribution in [-0.4, -0.2) is 18.8 Å². The summed E-state index contributed by atoms with van der Waals surface area (Å²) in [6.45, 7) is 5.08. The average molecular weight is 364 g/mol. The van der Waals surface area contributed by atoms with E-state index in [2.05, 4.69) is 66.8 Å². The van der Waals surface area contributed by atoms with Crippen molar-refractivity contribution in [1.29, 1.82) is 0 Å². The summed E-state index contributed by atoms with van der Waals surface area (Å²) in [7, 11) is 0. The molecule has 2 fully saturated rings. The number of aryl methyl sites for hydroxylation is 1. The third-order valence-electron chi connectivity index (χ3n) is 6.74. The maximum Gasteiger partial charge on any atom is 0.0691 e. The second-order valence-corrected chi connectivity index (χ2v) is 8.73. The highest BCUT2D eigenvalue weighted by atomic mass is 16.5. The van der Waals surface area contributed by atoms with Gasteiger partial charge in [-0.25, -0.2) is 0 Å². The first-order valence-corrected chi connectivity index (χ1v) is 10.7. The highest BCUT2D eigenvalue weighted by Gasteiger charge is 2.47. The number of benzene rings is 2. The minimum atomic E-state index is 0.143. The first-order chi connectivity index (χ1) is 13.2. The summed E-state index contributed by atoms with van der Waals surface area (Å²) in [5.74, 6) is 0. The summed E-state index contributed by atoms with van der Waals surface area (Å²) >= 11 is 0.